The molecule has 114 valence electrons. The van der Waals surface area contributed by atoms with Crippen molar-refractivity contribution in [2.45, 2.75) is 72.8 Å². The SMILES string of the molecule is C[C@H]1CC(=O)CC[C@]2(C)[C@@H](OC(=O)C(C)(C)C)CC[C@@H]12. The van der Waals surface area contributed by atoms with E-state index in [0.29, 0.717) is 30.5 Å². The fraction of sp³-hybridized carbons (Fsp3) is 0.882. The van der Waals surface area contributed by atoms with Crippen LogP contribution in [0.3, 0.4) is 0 Å². The van der Waals surface area contributed by atoms with Gasteiger partial charge in [-0.2, -0.15) is 0 Å². The molecule has 2 saturated carbocycles. The average molecular weight is 280 g/mol. The van der Waals surface area contributed by atoms with Crippen LogP contribution in [0.5, 0.6) is 0 Å². The van der Waals surface area contributed by atoms with Gasteiger partial charge in [0.05, 0.1) is 5.41 Å². The quantitative estimate of drug-likeness (QED) is 0.687. The molecule has 0 aromatic rings. The molecule has 4 atom stereocenters. The fourth-order valence-electron chi connectivity index (χ4n) is 4.02. The maximum atomic E-state index is 12.2. The zero-order valence-corrected chi connectivity index (χ0v) is 13.5. The number of fused-ring (bicyclic) bond motifs is 1. The van der Waals surface area contributed by atoms with E-state index in [1.54, 1.807) is 0 Å². The van der Waals surface area contributed by atoms with E-state index in [2.05, 4.69) is 13.8 Å². The van der Waals surface area contributed by atoms with Crippen LogP contribution in [0.2, 0.25) is 0 Å². The van der Waals surface area contributed by atoms with Gasteiger partial charge in [0.1, 0.15) is 11.9 Å². The second kappa shape index (κ2) is 5.16. The summed E-state index contributed by atoms with van der Waals surface area (Å²) in [7, 11) is 0. The van der Waals surface area contributed by atoms with E-state index in [1.807, 2.05) is 20.8 Å². The van der Waals surface area contributed by atoms with E-state index < -0.39 is 5.41 Å². The first-order chi connectivity index (χ1) is 9.14. The molecule has 2 rings (SSSR count). The van der Waals surface area contributed by atoms with Crippen molar-refractivity contribution in [2.75, 3.05) is 0 Å². The first-order valence-electron chi connectivity index (χ1n) is 7.87. The standard InChI is InChI=1S/C17H28O3/c1-11-10-12(18)8-9-17(5)13(11)6-7-14(17)20-15(19)16(2,3)4/h11,13-14H,6-10H2,1-5H3/t11-,13-,14-,17-/m0/s1. The number of carbonyl (C=O) groups excluding carboxylic acids is 2. The summed E-state index contributed by atoms with van der Waals surface area (Å²) in [5, 5.41) is 0. The van der Waals surface area contributed by atoms with Crippen molar-refractivity contribution in [3.63, 3.8) is 0 Å². The molecule has 0 bridgehead atoms. The summed E-state index contributed by atoms with van der Waals surface area (Å²) < 4.78 is 5.84. The third-order valence-electron chi connectivity index (χ3n) is 5.36. The number of ether oxygens (including phenoxy) is 1. The summed E-state index contributed by atoms with van der Waals surface area (Å²) in [5.74, 6) is 1.17. The summed E-state index contributed by atoms with van der Waals surface area (Å²) in [6.07, 6.45) is 4.20. The summed E-state index contributed by atoms with van der Waals surface area (Å²) >= 11 is 0. The Balaban J connectivity index is 2.17. The Labute approximate surface area is 122 Å². The third kappa shape index (κ3) is 2.77. The molecule has 0 N–H and O–H groups in total. The minimum Gasteiger partial charge on any atom is -0.461 e. The second-order valence-corrected chi connectivity index (χ2v) is 8.05. The highest BCUT2D eigenvalue weighted by atomic mass is 16.5. The second-order valence-electron chi connectivity index (χ2n) is 8.05. The van der Waals surface area contributed by atoms with E-state index in [-0.39, 0.29) is 17.5 Å². The van der Waals surface area contributed by atoms with Crippen LogP contribution in [0.4, 0.5) is 0 Å². The molecule has 0 aromatic heterocycles. The molecular formula is C17H28O3. The van der Waals surface area contributed by atoms with Crippen LogP contribution in [-0.4, -0.2) is 17.9 Å². The van der Waals surface area contributed by atoms with Crippen molar-refractivity contribution in [3.8, 4) is 0 Å². The van der Waals surface area contributed by atoms with Gasteiger partial charge in [-0.15, -0.1) is 0 Å². The van der Waals surface area contributed by atoms with Crippen LogP contribution in [0.25, 0.3) is 0 Å². The van der Waals surface area contributed by atoms with Crippen molar-refractivity contribution in [1.29, 1.82) is 0 Å². The Morgan fingerprint density at radius 1 is 1.30 bits per heavy atom. The Bertz CT molecular complexity index is 407. The predicted molar refractivity (Wildman–Crippen MR) is 78.2 cm³/mol. The van der Waals surface area contributed by atoms with Crippen LogP contribution in [0, 0.1) is 22.7 Å². The summed E-state index contributed by atoms with van der Waals surface area (Å²) in [6.45, 7) is 10.1. The predicted octanol–water partition coefficient (Wildman–Crippen LogP) is 3.75. The largest absolute Gasteiger partial charge is 0.461 e. The number of rotatable bonds is 1. The molecule has 0 aromatic carbocycles. The number of carbonyl (C=O) groups is 2. The number of hydrogen-bond donors (Lipinski definition) is 0. The Morgan fingerprint density at radius 3 is 2.55 bits per heavy atom. The summed E-state index contributed by atoms with van der Waals surface area (Å²) in [5.41, 5.74) is -0.479. The molecule has 0 aliphatic heterocycles. The van der Waals surface area contributed by atoms with E-state index in [1.165, 1.54) is 0 Å². The van der Waals surface area contributed by atoms with Gasteiger partial charge in [-0.25, -0.2) is 0 Å². The minimum atomic E-state index is -0.458. The first kappa shape index (κ1) is 15.5. The normalized spacial score (nSPS) is 38.2. The molecule has 3 heteroatoms. The zero-order chi connectivity index (χ0) is 15.1. The molecule has 0 amide bonds. The van der Waals surface area contributed by atoms with E-state index in [9.17, 15) is 9.59 Å². The molecule has 2 fully saturated rings. The van der Waals surface area contributed by atoms with Crippen LogP contribution in [0.15, 0.2) is 0 Å². The highest BCUT2D eigenvalue weighted by Gasteiger charge is 2.52. The zero-order valence-electron chi connectivity index (χ0n) is 13.5. The summed E-state index contributed by atoms with van der Waals surface area (Å²) in [4.78, 5) is 24.0. The maximum Gasteiger partial charge on any atom is 0.311 e. The van der Waals surface area contributed by atoms with Gasteiger partial charge in [0.25, 0.3) is 0 Å². The van der Waals surface area contributed by atoms with Crippen molar-refractivity contribution >= 4 is 11.8 Å². The molecule has 0 spiro atoms. The third-order valence-corrected chi connectivity index (χ3v) is 5.36. The number of hydrogen-bond acceptors (Lipinski definition) is 3. The molecule has 0 unspecified atom stereocenters. The molecule has 0 saturated heterocycles. The van der Waals surface area contributed by atoms with Crippen molar-refractivity contribution < 1.29 is 14.3 Å². The minimum absolute atomic E-state index is 0.0208. The highest BCUT2D eigenvalue weighted by Crippen LogP contribution is 2.53. The highest BCUT2D eigenvalue weighted by molar-refractivity contribution is 5.79. The Hall–Kier alpha value is -0.860. The molecular weight excluding hydrogens is 252 g/mol. The van der Waals surface area contributed by atoms with Crippen molar-refractivity contribution in [3.05, 3.63) is 0 Å². The van der Waals surface area contributed by atoms with Crippen LogP contribution in [-0.2, 0) is 14.3 Å². The van der Waals surface area contributed by atoms with Gasteiger partial charge in [-0.1, -0.05) is 13.8 Å². The maximum absolute atomic E-state index is 12.2. The van der Waals surface area contributed by atoms with Crippen molar-refractivity contribution in [2.24, 2.45) is 22.7 Å². The smallest absolute Gasteiger partial charge is 0.311 e. The molecule has 2 aliphatic carbocycles. The van der Waals surface area contributed by atoms with Crippen molar-refractivity contribution in [1.82, 2.24) is 0 Å². The van der Waals surface area contributed by atoms with Gasteiger partial charge in [-0.05, 0) is 51.9 Å². The number of ketones is 1. The van der Waals surface area contributed by atoms with Gasteiger partial charge in [-0.3, -0.25) is 9.59 Å². The lowest BCUT2D eigenvalue weighted by Crippen LogP contribution is -2.39. The number of esters is 1. The molecule has 0 heterocycles. The lowest BCUT2D eigenvalue weighted by Gasteiger charge is -2.38. The monoisotopic (exact) mass is 280 g/mol. The lowest BCUT2D eigenvalue weighted by molar-refractivity contribution is -0.165. The lowest BCUT2D eigenvalue weighted by atomic mass is 9.71. The first-order valence-corrected chi connectivity index (χ1v) is 7.87. The van der Waals surface area contributed by atoms with Crippen LogP contribution >= 0.6 is 0 Å². The van der Waals surface area contributed by atoms with Gasteiger partial charge in [0.2, 0.25) is 0 Å². The molecule has 0 radical (unpaired) electrons. The van der Waals surface area contributed by atoms with E-state index in [4.69, 9.17) is 4.74 Å². The van der Waals surface area contributed by atoms with Gasteiger partial charge < -0.3 is 4.74 Å². The van der Waals surface area contributed by atoms with Crippen LogP contribution < -0.4 is 0 Å². The van der Waals surface area contributed by atoms with E-state index >= 15 is 0 Å². The van der Waals surface area contributed by atoms with E-state index in [0.717, 1.165) is 19.3 Å². The molecule has 20 heavy (non-hydrogen) atoms. The van der Waals surface area contributed by atoms with Gasteiger partial charge >= 0.3 is 5.97 Å². The topological polar surface area (TPSA) is 43.4 Å². The molecule has 2 aliphatic rings. The Kier molecular flexibility index (Phi) is 4.01. The average Bonchev–Trinajstić information content (AvgIpc) is 2.58. The number of Topliss-reactive ketones (excluding diaryl/α,β-unsaturated/α-hetero) is 1. The summed E-state index contributed by atoms with van der Waals surface area (Å²) in [6, 6.07) is 0. The Morgan fingerprint density at radius 2 is 1.95 bits per heavy atom. The van der Waals surface area contributed by atoms with Gasteiger partial charge in [0, 0.05) is 18.3 Å². The fourth-order valence-corrected chi connectivity index (χ4v) is 4.02. The molecule has 3 nitrogen and oxygen atoms in total. The van der Waals surface area contributed by atoms with Crippen LogP contribution in [0.1, 0.15) is 66.7 Å². The van der Waals surface area contributed by atoms with Gasteiger partial charge in [0.15, 0.2) is 0 Å².